The van der Waals surface area contributed by atoms with Gasteiger partial charge in [-0.15, -0.1) is 0 Å². The number of fused-ring (bicyclic) bond motifs is 1. The molecule has 0 bridgehead atoms. The summed E-state index contributed by atoms with van der Waals surface area (Å²) in [5.74, 6) is -6.27. The summed E-state index contributed by atoms with van der Waals surface area (Å²) in [5.41, 5.74) is 12.7. The van der Waals surface area contributed by atoms with Crippen LogP contribution in [0.2, 0.25) is 0 Å². The van der Waals surface area contributed by atoms with Crippen molar-refractivity contribution in [3.8, 4) is 5.75 Å². The predicted molar refractivity (Wildman–Crippen MR) is 156 cm³/mol. The summed E-state index contributed by atoms with van der Waals surface area (Å²) in [6.07, 6.45) is -0.0782. The highest BCUT2D eigenvalue weighted by molar-refractivity contribution is 5.95. The maximum absolute atomic E-state index is 13.4. The maximum Gasteiger partial charge on any atom is 0.326 e. The van der Waals surface area contributed by atoms with Gasteiger partial charge in [-0.1, -0.05) is 30.3 Å². The van der Waals surface area contributed by atoms with Gasteiger partial charge in [0.05, 0.1) is 12.5 Å². The lowest BCUT2D eigenvalue weighted by molar-refractivity contribution is -0.143. The number of rotatable bonds is 16. The van der Waals surface area contributed by atoms with Crippen LogP contribution in [0.1, 0.15) is 30.4 Å². The van der Waals surface area contributed by atoms with E-state index in [1.807, 2.05) is 0 Å². The summed E-state index contributed by atoms with van der Waals surface area (Å²) in [5, 5.41) is 36.6. The second kappa shape index (κ2) is 15.2. The van der Waals surface area contributed by atoms with Gasteiger partial charge in [-0.05, 0) is 35.7 Å². The molecule has 2 aromatic carbocycles. The first-order valence-corrected chi connectivity index (χ1v) is 13.6. The summed E-state index contributed by atoms with van der Waals surface area (Å²) in [7, 11) is 0. The Balaban J connectivity index is 1.81. The Hall–Kier alpha value is -5.44. The summed E-state index contributed by atoms with van der Waals surface area (Å²) in [6, 6.07) is 7.19. The lowest BCUT2D eigenvalue weighted by Gasteiger charge is -2.25. The standard InChI is InChI=1S/C29H34N6O9/c30-19(13-24(31)37)26(40)34-22(11-15-5-7-17(36)8-6-15)28(42)33-21(9-10-25(38)39)27(41)35-23(29(43)44)12-16-14-32-20-4-2-1-3-18(16)20/h1-8,14,19,21-23,32,36H,9-13,30H2,(H2,31,37)(H,33,42)(H,34,40)(H,35,41)(H,38,39)(H,43,44). The van der Waals surface area contributed by atoms with Crippen molar-refractivity contribution in [2.24, 2.45) is 11.5 Å². The molecule has 4 amide bonds. The van der Waals surface area contributed by atoms with E-state index >= 15 is 0 Å². The topological polar surface area (TPSA) is 267 Å². The quantitative estimate of drug-likeness (QED) is 0.0980. The molecule has 3 rings (SSSR count). The number of aromatic amines is 1. The number of primary amides is 1. The van der Waals surface area contributed by atoms with Crippen LogP contribution in [0.15, 0.2) is 54.7 Å². The van der Waals surface area contributed by atoms with Gasteiger partial charge in [0.15, 0.2) is 0 Å². The molecule has 0 saturated carbocycles. The van der Waals surface area contributed by atoms with Crippen LogP contribution in [0.4, 0.5) is 0 Å². The third-order valence-electron chi connectivity index (χ3n) is 6.76. The number of aliphatic carboxylic acids is 2. The van der Waals surface area contributed by atoms with Crippen LogP contribution in [0.25, 0.3) is 10.9 Å². The molecule has 15 heteroatoms. The number of nitrogens with one attached hydrogen (secondary N) is 4. The van der Waals surface area contributed by atoms with E-state index < -0.39 is 79.0 Å². The summed E-state index contributed by atoms with van der Waals surface area (Å²) >= 11 is 0. The minimum Gasteiger partial charge on any atom is -0.508 e. The number of amides is 4. The Morgan fingerprint density at radius 1 is 0.795 bits per heavy atom. The van der Waals surface area contributed by atoms with Crippen molar-refractivity contribution in [3.05, 3.63) is 65.9 Å². The second-order valence-corrected chi connectivity index (χ2v) is 10.2. The number of aromatic nitrogens is 1. The largest absolute Gasteiger partial charge is 0.508 e. The number of carboxylic acids is 2. The molecular weight excluding hydrogens is 576 g/mol. The van der Waals surface area contributed by atoms with Crippen LogP contribution in [0.5, 0.6) is 5.75 Å². The van der Waals surface area contributed by atoms with Gasteiger partial charge >= 0.3 is 11.9 Å². The smallest absolute Gasteiger partial charge is 0.326 e. The molecule has 0 aliphatic carbocycles. The number of phenols is 1. The van der Waals surface area contributed by atoms with Gasteiger partial charge in [-0.25, -0.2) is 4.79 Å². The molecule has 0 aliphatic heterocycles. The van der Waals surface area contributed by atoms with Crippen molar-refractivity contribution in [2.45, 2.75) is 56.3 Å². The summed E-state index contributed by atoms with van der Waals surface area (Å²) in [4.78, 5) is 77.0. The van der Waals surface area contributed by atoms with Crippen molar-refractivity contribution in [1.29, 1.82) is 0 Å². The molecule has 0 aliphatic rings. The highest BCUT2D eigenvalue weighted by Gasteiger charge is 2.31. The monoisotopic (exact) mass is 610 g/mol. The van der Waals surface area contributed by atoms with Gasteiger partial charge in [-0.3, -0.25) is 24.0 Å². The fourth-order valence-electron chi connectivity index (χ4n) is 4.47. The number of para-hydroxylation sites is 1. The first-order valence-electron chi connectivity index (χ1n) is 13.6. The van der Waals surface area contributed by atoms with E-state index in [2.05, 4.69) is 20.9 Å². The molecule has 1 aromatic heterocycles. The van der Waals surface area contributed by atoms with Crippen LogP contribution in [-0.2, 0) is 41.6 Å². The van der Waals surface area contributed by atoms with Crippen LogP contribution in [-0.4, -0.2) is 80.0 Å². The Kier molecular flexibility index (Phi) is 11.4. The number of H-pyrrole nitrogens is 1. The maximum atomic E-state index is 13.4. The molecule has 0 radical (unpaired) electrons. The van der Waals surface area contributed by atoms with Crippen molar-refractivity contribution >= 4 is 46.5 Å². The average molecular weight is 611 g/mol. The molecule has 0 spiro atoms. The fourth-order valence-corrected chi connectivity index (χ4v) is 4.47. The number of nitrogens with two attached hydrogens (primary N) is 2. The summed E-state index contributed by atoms with van der Waals surface area (Å²) in [6.45, 7) is 0. The molecule has 4 atom stereocenters. The third-order valence-corrected chi connectivity index (χ3v) is 6.76. The Labute approximate surface area is 251 Å². The number of phenolic OH excluding ortho intramolecular Hbond substituents is 1. The SMILES string of the molecule is NC(=O)CC(N)C(=O)NC(Cc1ccc(O)cc1)C(=O)NC(CCC(=O)O)C(=O)NC(Cc1c[nH]c2ccccc12)C(=O)O. The van der Waals surface area contributed by atoms with E-state index in [1.54, 1.807) is 30.5 Å². The second-order valence-electron chi connectivity index (χ2n) is 10.2. The van der Waals surface area contributed by atoms with Crippen molar-refractivity contribution in [2.75, 3.05) is 0 Å². The molecule has 4 unspecified atom stereocenters. The first kappa shape index (κ1) is 33.1. The molecule has 15 nitrogen and oxygen atoms in total. The Bertz CT molecular complexity index is 1520. The number of benzene rings is 2. The lowest BCUT2D eigenvalue weighted by Crippen LogP contribution is -2.58. The van der Waals surface area contributed by atoms with E-state index in [-0.39, 0.29) is 18.6 Å². The van der Waals surface area contributed by atoms with Gasteiger partial charge in [0.25, 0.3) is 0 Å². The Morgan fingerprint density at radius 2 is 1.41 bits per heavy atom. The van der Waals surface area contributed by atoms with Crippen molar-refractivity contribution in [3.63, 3.8) is 0 Å². The number of carboxylic acid groups (broad SMARTS) is 2. The zero-order valence-electron chi connectivity index (χ0n) is 23.5. The normalized spacial score (nSPS) is 13.7. The van der Waals surface area contributed by atoms with Gasteiger partial charge in [0.2, 0.25) is 23.6 Å². The first-order chi connectivity index (χ1) is 20.8. The van der Waals surface area contributed by atoms with Crippen LogP contribution >= 0.6 is 0 Å². The molecular formula is C29H34N6O9. The van der Waals surface area contributed by atoms with Gasteiger partial charge in [0.1, 0.15) is 23.9 Å². The van der Waals surface area contributed by atoms with E-state index in [0.717, 1.165) is 10.9 Å². The van der Waals surface area contributed by atoms with E-state index in [1.165, 1.54) is 24.3 Å². The molecule has 1 heterocycles. The molecule has 0 saturated heterocycles. The van der Waals surface area contributed by atoms with Crippen molar-refractivity contribution in [1.82, 2.24) is 20.9 Å². The number of hydrogen-bond donors (Lipinski definition) is 9. The summed E-state index contributed by atoms with van der Waals surface area (Å²) < 4.78 is 0. The average Bonchev–Trinajstić information content (AvgIpc) is 3.37. The fraction of sp³-hybridized carbons (Fsp3) is 0.310. The number of aromatic hydroxyl groups is 1. The van der Waals surface area contributed by atoms with Crippen LogP contribution < -0.4 is 27.4 Å². The van der Waals surface area contributed by atoms with Crippen LogP contribution in [0.3, 0.4) is 0 Å². The number of hydrogen-bond acceptors (Lipinski definition) is 8. The third kappa shape index (κ3) is 9.55. The number of carbonyl (C=O) groups excluding carboxylic acids is 4. The highest BCUT2D eigenvalue weighted by Crippen LogP contribution is 2.19. The highest BCUT2D eigenvalue weighted by atomic mass is 16.4. The van der Waals surface area contributed by atoms with Crippen molar-refractivity contribution < 1.29 is 44.1 Å². The molecule has 11 N–H and O–H groups in total. The molecule has 234 valence electrons. The minimum atomic E-state index is -1.50. The van der Waals surface area contributed by atoms with Crippen LogP contribution in [0, 0.1) is 0 Å². The predicted octanol–water partition coefficient (Wildman–Crippen LogP) is -0.735. The Morgan fingerprint density at radius 3 is 2.05 bits per heavy atom. The number of carbonyl (C=O) groups is 6. The molecule has 0 fully saturated rings. The molecule has 3 aromatic rings. The van der Waals surface area contributed by atoms with E-state index in [9.17, 15) is 44.1 Å². The zero-order chi connectivity index (χ0) is 32.4. The zero-order valence-corrected chi connectivity index (χ0v) is 23.5. The van der Waals surface area contributed by atoms with Gasteiger partial charge < -0.3 is 47.7 Å². The van der Waals surface area contributed by atoms with Gasteiger partial charge in [-0.2, -0.15) is 0 Å². The van der Waals surface area contributed by atoms with Gasteiger partial charge in [0, 0.05) is 36.4 Å². The lowest BCUT2D eigenvalue weighted by atomic mass is 10.0. The van der Waals surface area contributed by atoms with E-state index in [0.29, 0.717) is 11.1 Å². The molecule has 44 heavy (non-hydrogen) atoms. The minimum absolute atomic E-state index is 0.0479. The van der Waals surface area contributed by atoms with E-state index in [4.69, 9.17) is 11.5 Å².